The molecule has 3 heteroatoms. The van der Waals surface area contributed by atoms with E-state index >= 15 is 0 Å². The Hall–Kier alpha value is -0.590. The van der Waals surface area contributed by atoms with Crippen molar-refractivity contribution in [2.24, 2.45) is 0 Å². The minimum absolute atomic E-state index is 0.684. The zero-order chi connectivity index (χ0) is 10.6. The van der Waals surface area contributed by atoms with Crippen LogP contribution in [0, 0.1) is 11.3 Å². The molecule has 0 atom stereocenters. The van der Waals surface area contributed by atoms with Crippen LogP contribution in [0.3, 0.4) is 0 Å². The summed E-state index contributed by atoms with van der Waals surface area (Å²) in [5.41, 5.74) is 0. The van der Waals surface area contributed by atoms with Crippen molar-refractivity contribution in [3.63, 3.8) is 0 Å². The van der Waals surface area contributed by atoms with E-state index in [1.165, 1.54) is 0 Å². The smallest absolute Gasteiger partial charge is 0.0621 e. The van der Waals surface area contributed by atoms with Gasteiger partial charge in [0.15, 0.2) is 0 Å². The number of likely N-dealkylation sites (N-methyl/N-ethyl adjacent to an activating group) is 1. The van der Waals surface area contributed by atoms with Gasteiger partial charge in [-0.15, -0.1) is 0 Å². The highest BCUT2D eigenvalue weighted by Gasteiger charge is 2.00. The molecule has 0 heterocycles. The standard InChI is InChI=1S/C11H22N2O/c1-3-13(10-11-14-4-2)9-7-5-6-8-12/h3-7,9-11H2,1-2H3. The van der Waals surface area contributed by atoms with Gasteiger partial charge in [-0.2, -0.15) is 5.26 Å². The summed E-state index contributed by atoms with van der Waals surface area (Å²) in [4.78, 5) is 2.37. The molecular formula is C11H22N2O. The molecule has 0 aromatic rings. The van der Waals surface area contributed by atoms with Crippen LogP contribution in [0.2, 0.25) is 0 Å². The van der Waals surface area contributed by atoms with Crippen LogP contribution in [-0.4, -0.2) is 37.7 Å². The second-order valence-corrected chi connectivity index (χ2v) is 3.25. The first kappa shape index (κ1) is 13.4. The van der Waals surface area contributed by atoms with Gasteiger partial charge in [-0.3, -0.25) is 0 Å². The number of rotatable bonds is 9. The van der Waals surface area contributed by atoms with E-state index in [1.54, 1.807) is 0 Å². The summed E-state index contributed by atoms with van der Waals surface area (Å²) in [6, 6.07) is 2.17. The molecule has 3 nitrogen and oxygen atoms in total. The van der Waals surface area contributed by atoms with Crippen molar-refractivity contribution < 1.29 is 4.74 Å². The average molecular weight is 198 g/mol. The van der Waals surface area contributed by atoms with Crippen molar-refractivity contribution in [1.29, 1.82) is 5.26 Å². The van der Waals surface area contributed by atoms with Crippen molar-refractivity contribution in [3.05, 3.63) is 0 Å². The third-order valence-electron chi connectivity index (χ3n) is 2.22. The van der Waals surface area contributed by atoms with Crippen LogP contribution in [0.4, 0.5) is 0 Å². The van der Waals surface area contributed by atoms with E-state index in [2.05, 4.69) is 17.9 Å². The lowest BCUT2D eigenvalue weighted by molar-refractivity contribution is 0.114. The molecule has 0 bridgehead atoms. The van der Waals surface area contributed by atoms with E-state index in [0.29, 0.717) is 6.42 Å². The number of ether oxygens (including phenoxy) is 1. The highest BCUT2D eigenvalue weighted by atomic mass is 16.5. The topological polar surface area (TPSA) is 36.3 Å². The van der Waals surface area contributed by atoms with Crippen LogP contribution in [-0.2, 0) is 4.74 Å². The molecule has 14 heavy (non-hydrogen) atoms. The Kier molecular flexibility index (Phi) is 10.0. The fraction of sp³-hybridized carbons (Fsp3) is 0.909. The van der Waals surface area contributed by atoms with Gasteiger partial charge in [-0.05, 0) is 32.9 Å². The minimum Gasteiger partial charge on any atom is -0.380 e. The first-order valence-corrected chi connectivity index (χ1v) is 5.52. The zero-order valence-corrected chi connectivity index (χ0v) is 9.46. The van der Waals surface area contributed by atoms with Gasteiger partial charge in [0.1, 0.15) is 0 Å². The van der Waals surface area contributed by atoms with Crippen LogP contribution in [0.5, 0.6) is 0 Å². The summed E-state index contributed by atoms with van der Waals surface area (Å²) in [6.45, 7) is 8.97. The Bertz CT molecular complexity index is 154. The quantitative estimate of drug-likeness (QED) is 0.532. The molecule has 0 aliphatic heterocycles. The van der Waals surface area contributed by atoms with E-state index in [0.717, 1.165) is 45.7 Å². The third-order valence-corrected chi connectivity index (χ3v) is 2.22. The molecule has 0 aromatic carbocycles. The maximum Gasteiger partial charge on any atom is 0.0621 e. The number of nitrogens with zero attached hydrogens (tertiary/aromatic N) is 2. The molecule has 0 aromatic heterocycles. The van der Waals surface area contributed by atoms with Crippen LogP contribution < -0.4 is 0 Å². The predicted molar refractivity (Wildman–Crippen MR) is 58.1 cm³/mol. The molecule has 82 valence electrons. The summed E-state index contributed by atoms with van der Waals surface area (Å²) in [5.74, 6) is 0. The van der Waals surface area contributed by atoms with Crippen molar-refractivity contribution in [2.75, 3.05) is 32.8 Å². The fourth-order valence-corrected chi connectivity index (χ4v) is 1.31. The number of nitriles is 1. The van der Waals surface area contributed by atoms with Gasteiger partial charge < -0.3 is 9.64 Å². The summed E-state index contributed by atoms with van der Waals surface area (Å²) in [7, 11) is 0. The summed E-state index contributed by atoms with van der Waals surface area (Å²) >= 11 is 0. The Morgan fingerprint density at radius 2 is 2.00 bits per heavy atom. The second-order valence-electron chi connectivity index (χ2n) is 3.25. The lowest BCUT2D eigenvalue weighted by Crippen LogP contribution is -2.28. The van der Waals surface area contributed by atoms with Crippen LogP contribution in [0.15, 0.2) is 0 Å². The normalized spacial score (nSPS) is 10.4. The molecule has 0 radical (unpaired) electrons. The first-order valence-electron chi connectivity index (χ1n) is 5.52. The number of hydrogen-bond donors (Lipinski definition) is 0. The van der Waals surface area contributed by atoms with Crippen molar-refractivity contribution in [2.45, 2.75) is 33.1 Å². The van der Waals surface area contributed by atoms with Crippen molar-refractivity contribution in [1.82, 2.24) is 4.90 Å². The minimum atomic E-state index is 0.684. The summed E-state index contributed by atoms with van der Waals surface area (Å²) in [5, 5.41) is 8.38. The number of hydrogen-bond acceptors (Lipinski definition) is 3. The molecule has 0 amide bonds. The van der Waals surface area contributed by atoms with Gasteiger partial charge in [0, 0.05) is 19.6 Å². The van der Waals surface area contributed by atoms with E-state index in [1.807, 2.05) is 6.92 Å². The summed E-state index contributed by atoms with van der Waals surface area (Å²) in [6.07, 6.45) is 2.82. The van der Waals surface area contributed by atoms with E-state index in [4.69, 9.17) is 10.00 Å². The largest absolute Gasteiger partial charge is 0.380 e. The van der Waals surface area contributed by atoms with E-state index in [-0.39, 0.29) is 0 Å². The molecule has 0 saturated heterocycles. The molecular weight excluding hydrogens is 176 g/mol. The molecule has 0 spiro atoms. The fourth-order valence-electron chi connectivity index (χ4n) is 1.31. The highest BCUT2D eigenvalue weighted by molar-refractivity contribution is 4.68. The monoisotopic (exact) mass is 198 g/mol. The van der Waals surface area contributed by atoms with Crippen LogP contribution >= 0.6 is 0 Å². The molecule has 0 saturated carbocycles. The van der Waals surface area contributed by atoms with E-state index in [9.17, 15) is 0 Å². The molecule has 0 fully saturated rings. The van der Waals surface area contributed by atoms with Crippen LogP contribution in [0.25, 0.3) is 0 Å². The SMILES string of the molecule is CCOCCN(CC)CCCCC#N. The Balaban J connectivity index is 3.34. The Morgan fingerprint density at radius 1 is 1.21 bits per heavy atom. The second kappa shape index (κ2) is 10.5. The number of unbranched alkanes of at least 4 members (excludes halogenated alkanes) is 2. The molecule has 0 unspecified atom stereocenters. The average Bonchev–Trinajstić information content (AvgIpc) is 2.22. The lowest BCUT2D eigenvalue weighted by Gasteiger charge is -2.19. The third kappa shape index (κ3) is 8.03. The van der Waals surface area contributed by atoms with Gasteiger partial charge in [-0.25, -0.2) is 0 Å². The van der Waals surface area contributed by atoms with Gasteiger partial charge in [0.05, 0.1) is 12.7 Å². The maximum absolute atomic E-state index is 8.38. The maximum atomic E-state index is 8.38. The predicted octanol–water partition coefficient (Wildman–Crippen LogP) is 2.04. The van der Waals surface area contributed by atoms with Crippen molar-refractivity contribution in [3.8, 4) is 6.07 Å². The van der Waals surface area contributed by atoms with Gasteiger partial charge in [-0.1, -0.05) is 6.92 Å². The molecule has 0 rings (SSSR count). The highest BCUT2D eigenvalue weighted by Crippen LogP contribution is 1.97. The molecule has 0 aliphatic rings. The van der Waals surface area contributed by atoms with Crippen LogP contribution in [0.1, 0.15) is 33.1 Å². The van der Waals surface area contributed by atoms with Crippen molar-refractivity contribution >= 4 is 0 Å². The lowest BCUT2D eigenvalue weighted by atomic mass is 10.2. The Labute approximate surface area is 87.7 Å². The molecule has 0 N–H and O–H groups in total. The van der Waals surface area contributed by atoms with Gasteiger partial charge in [0.25, 0.3) is 0 Å². The van der Waals surface area contributed by atoms with Gasteiger partial charge in [0.2, 0.25) is 0 Å². The van der Waals surface area contributed by atoms with Gasteiger partial charge >= 0.3 is 0 Å². The molecule has 0 aliphatic carbocycles. The zero-order valence-electron chi connectivity index (χ0n) is 9.46. The first-order chi connectivity index (χ1) is 6.85. The Morgan fingerprint density at radius 3 is 2.57 bits per heavy atom. The summed E-state index contributed by atoms with van der Waals surface area (Å²) < 4.78 is 5.30. The van der Waals surface area contributed by atoms with E-state index < -0.39 is 0 Å².